The zero-order valence-corrected chi connectivity index (χ0v) is 21.1. The van der Waals surface area contributed by atoms with Gasteiger partial charge in [0.2, 0.25) is 5.95 Å². The second-order valence-electron chi connectivity index (χ2n) is 8.14. The van der Waals surface area contributed by atoms with Crippen molar-refractivity contribution in [1.82, 2.24) is 15.0 Å². The molecule has 0 aliphatic carbocycles. The summed E-state index contributed by atoms with van der Waals surface area (Å²) < 4.78 is 15.9. The first-order valence-corrected chi connectivity index (χ1v) is 11.7. The molecule has 1 atom stereocenters. The highest BCUT2D eigenvalue weighted by Gasteiger charge is 2.32. The van der Waals surface area contributed by atoms with Crippen LogP contribution in [0.1, 0.15) is 29.4 Å². The van der Waals surface area contributed by atoms with Gasteiger partial charge in [0.25, 0.3) is 5.69 Å². The molecular formula is C26H26N6O6. The van der Waals surface area contributed by atoms with E-state index in [0.29, 0.717) is 47.4 Å². The van der Waals surface area contributed by atoms with Gasteiger partial charge in [0.05, 0.1) is 37.1 Å². The van der Waals surface area contributed by atoms with E-state index in [4.69, 9.17) is 14.2 Å². The number of anilines is 1. The molecule has 0 bridgehead atoms. The van der Waals surface area contributed by atoms with Crippen LogP contribution in [-0.4, -0.2) is 59.4 Å². The third kappa shape index (κ3) is 5.43. The molecule has 38 heavy (non-hydrogen) atoms. The molecule has 1 aromatic carbocycles. The predicted molar refractivity (Wildman–Crippen MR) is 140 cm³/mol. The van der Waals surface area contributed by atoms with Crippen molar-refractivity contribution in [3.63, 3.8) is 0 Å². The van der Waals surface area contributed by atoms with Crippen LogP contribution >= 0.6 is 0 Å². The summed E-state index contributed by atoms with van der Waals surface area (Å²) in [5.74, 6) is 0.770. The second-order valence-corrected chi connectivity index (χ2v) is 8.14. The SMILES string of the molecule is CCOC(=O)c1cnc(NCCC2(c3ccc([N+](=O)[O-])cn3)C=CC=N2)nc1-c1ccc(OC)c(OC)c1. The van der Waals surface area contributed by atoms with Gasteiger partial charge in [-0.3, -0.25) is 20.1 Å². The number of nitro groups is 1. The quantitative estimate of drug-likeness (QED) is 0.224. The highest BCUT2D eigenvalue weighted by molar-refractivity contribution is 5.96. The molecule has 3 aromatic rings. The van der Waals surface area contributed by atoms with E-state index in [1.54, 1.807) is 37.4 Å². The van der Waals surface area contributed by atoms with Gasteiger partial charge in [-0.1, -0.05) is 0 Å². The number of hydrogen-bond acceptors (Lipinski definition) is 11. The molecule has 1 unspecified atom stereocenters. The number of nitrogens with one attached hydrogen (secondary N) is 1. The van der Waals surface area contributed by atoms with E-state index in [0.717, 1.165) is 0 Å². The van der Waals surface area contributed by atoms with Crippen LogP contribution in [0, 0.1) is 10.1 Å². The highest BCUT2D eigenvalue weighted by atomic mass is 16.6. The van der Waals surface area contributed by atoms with Gasteiger partial charge in [-0.05, 0) is 49.8 Å². The van der Waals surface area contributed by atoms with Crippen LogP contribution in [0.2, 0.25) is 0 Å². The van der Waals surface area contributed by atoms with E-state index in [-0.39, 0.29) is 17.9 Å². The molecule has 1 aliphatic heterocycles. The molecular weight excluding hydrogens is 492 g/mol. The molecule has 12 heteroatoms. The topological polar surface area (TPSA) is 151 Å². The summed E-state index contributed by atoms with van der Waals surface area (Å²) in [6, 6.07) is 8.23. The Morgan fingerprint density at radius 2 is 1.92 bits per heavy atom. The van der Waals surface area contributed by atoms with Crippen molar-refractivity contribution >= 4 is 23.8 Å². The van der Waals surface area contributed by atoms with Crippen LogP contribution in [-0.2, 0) is 10.3 Å². The number of esters is 1. The maximum absolute atomic E-state index is 12.6. The van der Waals surface area contributed by atoms with Crippen LogP contribution in [0.5, 0.6) is 11.5 Å². The lowest BCUT2D eigenvalue weighted by molar-refractivity contribution is -0.385. The molecule has 3 heterocycles. The van der Waals surface area contributed by atoms with Crippen molar-refractivity contribution < 1.29 is 23.9 Å². The number of nitrogens with zero attached hydrogens (tertiary/aromatic N) is 5. The summed E-state index contributed by atoms with van der Waals surface area (Å²) in [6.45, 7) is 2.32. The number of aliphatic imine (C=N–C) groups is 1. The molecule has 2 aromatic heterocycles. The Morgan fingerprint density at radius 1 is 1.11 bits per heavy atom. The maximum atomic E-state index is 12.6. The standard InChI is InChI=1S/C26H26N6O6/c1-4-38-24(33)19-16-29-25(31-23(19)17-6-8-20(36-2)21(14-17)37-3)27-13-11-26(10-5-12-30-26)22-9-7-18(15-28-22)32(34)35/h5-10,12,14-16H,4,11,13H2,1-3H3,(H,27,29,31). The molecule has 0 saturated heterocycles. The number of ether oxygens (including phenoxy) is 3. The molecule has 12 nitrogen and oxygen atoms in total. The van der Waals surface area contributed by atoms with Gasteiger partial charge in [-0.25, -0.2) is 14.8 Å². The molecule has 1 N–H and O–H groups in total. The molecule has 0 fully saturated rings. The number of pyridine rings is 1. The minimum Gasteiger partial charge on any atom is -0.493 e. The summed E-state index contributed by atoms with van der Waals surface area (Å²) in [6.07, 6.45) is 8.48. The fourth-order valence-electron chi connectivity index (χ4n) is 3.99. The lowest BCUT2D eigenvalue weighted by Crippen LogP contribution is -2.25. The van der Waals surface area contributed by atoms with E-state index in [1.807, 2.05) is 12.2 Å². The molecule has 0 amide bonds. The molecule has 196 valence electrons. The number of benzene rings is 1. The zero-order chi connectivity index (χ0) is 27.1. The number of hydrogen-bond donors (Lipinski definition) is 1. The fraction of sp³-hybridized carbons (Fsp3) is 0.269. The number of allylic oxidation sites excluding steroid dienone is 1. The molecule has 0 spiro atoms. The smallest absolute Gasteiger partial charge is 0.341 e. The normalized spacial score (nSPS) is 15.8. The fourth-order valence-corrected chi connectivity index (χ4v) is 3.99. The lowest BCUT2D eigenvalue weighted by atomic mass is 9.92. The summed E-state index contributed by atoms with van der Waals surface area (Å²) in [5.41, 5.74) is 0.905. The van der Waals surface area contributed by atoms with Gasteiger partial charge in [-0.2, -0.15) is 0 Å². The van der Waals surface area contributed by atoms with Gasteiger partial charge >= 0.3 is 5.97 Å². The average Bonchev–Trinajstić information content (AvgIpc) is 3.42. The van der Waals surface area contributed by atoms with Crippen LogP contribution in [0.15, 0.2) is 59.9 Å². The molecule has 0 radical (unpaired) electrons. The van der Waals surface area contributed by atoms with Crippen LogP contribution < -0.4 is 14.8 Å². The zero-order valence-electron chi connectivity index (χ0n) is 21.1. The maximum Gasteiger partial charge on any atom is 0.341 e. The van der Waals surface area contributed by atoms with Crippen molar-refractivity contribution in [3.8, 4) is 22.8 Å². The van der Waals surface area contributed by atoms with E-state index in [9.17, 15) is 14.9 Å². The number of aromatic nitrogens is 3. The third-order valence-corrected chi connectivity index (χ3v) is 5.90. The highest BCUT2D eigenvalue weighted by Crippen LogP contribution is 2.35. The second kappa shape index (κ2) is 11.5. The Bertz CT molecular complexity index is 1380. The molecule has 0 saturated carbocycles. The third-order valence-electron chi connectivity index (χ3n) is 5.90. The summed E-state index contributed by atoms with van der Waals surface area (Å²) >= 11 is 0. The lowest BCUT2D eigenvalue weighted by Gasteiger charge is -2.23. The first-order chi connectivity index (χ1) is 18.4. The summed E-state index contributed by atoms with van der Waals surface area (Å²) in [7, 11) is 3.06. The van der Waals surface area contributed by atoms with E-state index in [2.05, 4.69) is 25.3 Å². The van der Waals surface area contributed by atoms with Gasteiger partial charge < -0.3 is 19.5 Å². The number of carbonyl (C=O) groups excluding carboxylic acids is 1. The Hall–Kier alpha value is -4.87. The van der Waals surface area contributed by atoms with Crippen LogP contribution in [0.25, 0.3) is 11.3 Å². The van der Waals surface area contributed by atoms with Gasteiger partial charge in [0.15, 0.2) is 11.5 Å². The van der Waals surface area contributed by atoms with Gasteiger partial charge in [0.1, 0.15) is 17.3 Å². The Balaban J connectivity index is 1.59. The minimum atomic E-state index is -0.779. The van der Waals surface area contributed by atoms with E-state index >= 15 is 0 Å². The van der Waals surface area contributed by atoms with Crippen LogP contribution in [0.4, 0.5) is 11.6 Å². The van der Waals surface area contributed by atoms with Gasteiger partial charge in [-0.15, -0.1) is 0 Å². The van der Waals surface area contributed by atoms with E-state index in [1.165, 1.54) is 32.7 Å². The van der Waals surface area contributed by atoms with Crippen molar-refractivity contribution in [2.24, 2.45) is 4.99 Å². The van der Waals surface area contributed by atoms with Crippen LogP contribution in [0.3, 0.4) is 0 Å². The van der Waals surface area contributed by atoms with E-state index < -0.39 is 16.4 Å². The minimum absolute atomic E-state index is 0.0919. The molecule has 1 aliphatic rings. The predicted octanol–water partition coefficient (Wildman–Crippen LogP) is 3.98. The number of methoxy groups -OCH3 is 2. The van der Waals surface area contributed by atoms with Crippen molar-refractivity contribution in [2.75, 3.05) is 32.7 Å². The van der Waals surface area contributed by atoms with Crippen molar-refractivity contribution in [1.29, 1.82) is 0 Å². The Labute approximate surface area is 218 Å². The summed E-state index contributed by atoms with van der Waals surface area (Å²) in [4.78, 5) is 40.9. The average molecular weight is 519 g/mol. The van der Waals surface area contributed by atoms with Crippen molar-refractivity contribution in [3.05, 3.63) is 76.2 Å². The number of rotatable bonds is 11. The monoisotopic (exact) mass is 518 g/mol. The number of carbonyl (C=O) groups is 1. The Kier molecular flexibility index (Phi) is 7.90. The first kappa shape index (κ1) is 26.2. The first-order valence-electron chi connectivity index (χ1n) is 11.7. The van der Waals surface area contributed by atoms with Crippen molar-refractivity contribution in [2.45, 2.75) is 18.9 Å². The Morgan fingerprint density at radius 3 is 2.55 bits per heavy atom. The summed E-state index contributed by atoms with van der Waals surface area (Å²) in [5, 5.41) is 14.2. The van der Waals surface area contributed by atoms with Gasteiger partial charge in [0, 0.05) is 30.6 Å². The largest absolute Gasteiger partial charge is 0.493 e. The molecule has 4 rings (SSSR count).